The second kappa shape index (κ2) is 11.8. The molecule has 6 nitrogen and oxygen atoms in total. The fourth-order valence-corrected chi connectivity index (χ4v) is 4.67. The van der Waals surface area contributed by atoms with Gasteiger partial charge >= 0.3 is 5.97 Å². The SMILES string of the molecule is N[C@H](CSSC[C@@H](N)C(=O)N(Cc1ccccc1)Cc1ccccc1)C(=O)O. The first kappa shape index (κ1) is 22.3. The van der Waals surface area contributed by atoms with Gasteiger partial charge in [0.2, 0.25) is 5.91 Å². The Morgan fingerprint density at radius 2 is 1.25 bits per heavy atom. The van der Waals surface area contributed by atoms with Crippen LogP contribution in [0.5, 0.6) is 0 Å². The van der Waals surface area contributed by atoms with Gasteiger partial charge in [0.05, 0.1) is 6.04 Å². The zero-order chi connectivity index (χ0) is 20.4. The summed E-state index contributed by atoms with van der Waals surface area (Å²) in [5.41, 5.74) is 13.7. The first-order valence-electron chi connectivity index (χ1n) is 8.82. The Labute approximate surface area is 173 Å². The highest BCUT2D eigenvalue weighted by molar-refractivity contribution is 8.76. The van der Waals surface area contributed by atoms with Crippen molar-refractivity contribution in [2.75, 3.05) is 11.5 Å². The molecule has 0 aliphatic carbocycles. The summed E-state index contributed by atoms with van der Waals surface area (Å²) in [4.78, 5) is 25.4. The lowest BCUT2D eigenvalue weighted by Gasteiger charge is -2.26. The summed E-state index contributed by atoms with van der Waals surface area (Å²) in [5.74, 6) is -0.525. The number of hydrogen-bond acceptors (Lipinski definition) is 6. The van der Waals surface area contributed by atoms with Gasteiger partial charge in [-0.2, -0.15) is 0 Å². The van der Waals surface area contributed by atoms with Crippen molar-refractivity contribution in [3.05, 3.63) is 71.8 Å². The molecule has 2 aromatic carbocycles. The molecule has 0 saturated heterocycles. The van der Waals surface area contributed by atoms with Gasteiger partial charge in [0, 0.05) is 24.6 Å². The third kappa shape index (κ3) is 7.55. The molecule has 1 amide bonds. The number of nitrogens with zero attached hydrogens (tertiary/aromatic N) is 1. The molecule has 0 aliphatic rings. The molecule has 0 fully saturated rings. The van der Waals surface area contributed by atoms with Crippen LogP contribution in [0, 0.1) is 0 Å². The maximum Gasteiger partial charge on any atom is 0.321 e. The van der Waals surface area contributed by atoms with E-state index in [0.29, 0.717) is 18.8 Å². The first-order valence-corrected chi connectivity index (χ1v) is 11.3. The van der Waals surface area contributed by atoms with Crippen molar-refractivity contribution in [3.8, 4) is 0 Å². The van der Waals surface area contributed by atoms with E-state index in [9.17, 15) is 9.59 Å². The van der Waals surface area contributed by atoms with Gasteiger partial charge in [-0.1, -0.05) is 82.3 Å². The van der Waals surface area contributed by atoms with E-state index in [1.165, 1.54) is 21.6 Å². The van der Waals surface area contributed by atoms with E-state index < -0.39 is 18.1 Å². The summed E-state index contributed by atoms with van der Waals surface area (Å²) in [6.07, 6.45) is 0. The quantitative estimate of drug-likeness (QED) is 0.379. The molecular weight excluding hydrogens is 394 g/mol. The number of carboxylic acids is 1. The Hall–Kier alpha value is -2.00. The third-order valence-electron chi connectivity index (χ3n) is 3.96. The lowest BCUT2D eigenvalue weighted by atomic mass is 10.1. The summed E-state index contributed by atoms with van der Waals surface area (Å²) in [6.45, 7) is 0.952. The fourth-order valence-electron chi connectivity index (χ4n) is 2.44. The molecule has 2 atom stereocenters. The second-order valence-electron chi connectivity index (χ2n) is 6.29. The van der Waals surface area contributed by atoms with Gasteiger partial charge in [0.15, 0.2) is 0 Å². The van der Waals surface area contributed by atoms with Gasteiger partial charge in [-0.25, -0.2) is 0 Å². The predicted octanol–water partition coefficient (Wildman–Crippen LogP) is 2.34. The molecule has 0 heterocycles. The minimum atomic E-state index is -1.04. The van der Waals surface area contributed by atoms with Gasteiger partial charge in [-0.15, -0.1) is 0 Å². The lowest BCUT2D eigenvalue weighted by molar-refractivity contribution is -0.138. The predicted molar refractivity (Wildman–Crippen MR) is 116 cm³/mol. The number of carbonyl (C=O) groups excluding carboxylic acids is 1. The number of carboxylic acid groups (broad SMARTS) is 1. The van der Waals surface area contributed by atoms with Crippen molar-refractivity contribution < 1.29 is 14.7 Å². The van der Waals surface area contributed by atoms with Crippen molar-refractivity contribution >= 4 is 33.5 Å². The Bertz CT molecular complexity index is 705. The van der Waals surface area contributed by atoms with Crippen molar-refractivity contribution in [1.82, 2.24) is 4.90 Å². The molecule has 8 heteroatoms. The average molecular weight is 420 g/mol. The van der Waals surface area contributed by atoms with Crippen LogP contribution in [0.1, 0.15) is 11.1 Å². The number of nitrogens with two attached hydrogens (primary N) is 2. The highest BCUT2D eigenvalue weighted by atomic mass is 33.1. The molecule has 5 N–H and O–H groups in total. The van der Waals surface area contributed by atoms with Crippen LogP contribution in [0.4, 0.5) is 0 Å². The fraction of sp³-hybridized carbons (Fsp3) is 0.300. The van der Waals surface area contributed by atoms with E-state index >= 15 is 0 Å². The van der Waals surface area contributed by atoms with Crippen molar-refractivity contribution in [2.24, 2.45) is 11.5 Å². The molecule has 0 unspecified atom stereocenters. The molecule has 0 saturated carbocycles. The highest BCUT2D eigenvalue weighted by Crippen LogP contribution is 2.23. The molecule has 0 bridgehead atoms. The molecule has 0 aromatic heterocycles. The van der Waals surface area contributed by atoms with Crippen LogP contribution in [-0.2, 0) is 22.7 Å². The maximum atomic E-state index is 12.9. The second-order valence-corrected chi connectivity index (χ2v) is 8.84. The van der Waals surface area contributed by atoms with Crippen LogP contribution in [0.3, 0.4) is 0 Å². The van der Waals surface area contributed by atoms with Gasteiger partial charge in [0.1, 0.15) is 6.04 Å². The van der Waals surface area contributed by atoms with Crippen LogP contribution < -0.4 is 11.5 Å². The van der Waals surface area contributed by atoms with Crippen molar-refractivity contribution in [3.63, 3.8) is 0 Å². The van der Waals surface area contributed by atoms with Crippen molar-refractivity contribution in [1.29, 1.82) is 0 Å². The number of carbonyl (C=O) groups is 2. The number of rotatable bonds is 11. The summed E-state index contributed by atoms with van der Waals surface area (Å²) in [6, 6.07) is 18.0. The van der Waals surface area contributed by atoms with Gasteiger partial charge < -0.3 is 21.5 Å². The first-order chi connectivity index (χ1) is 13.5. The molecule has 0 radical (unpaired) electrons. The molecule has 2 rings (SSSR count). The number of amides is 1. The Morgan fingerprint density at radius 1 is 0.821 bits per heavy atom. The number of hydrogen-bond donors (Lipinski definition) is 3. The summed E-state index contributed by atoms with van der Waals surface area (Å²) >= 11 is 0. The lowest BCUT2D eigenvalue weighted by Crippen LogP contribution is -2.44. The smallest absolute Gasteiger partial charge is 0.321 e. The van der Waals surface area contributed by atoms with Crippen LogP contribution >= 0.6 is 21.6 Å². The highest BCUT2D eigenvalue weighted by Gasteiger charge is 2.22. The van der Waals surface area contributed by atoms with E-state index in [-0.39, 0.29) is 11.7 Å². The van der Waals surface area contributed by atoms with Gasteiger partial charge in [0.25, 0.3) is 0 Å². The zero-order valence-corrected chi connectivity index (χ0v) is 17.1. The van der Waals surface area contributed by atoms with E-state index in [2.05, 4.69) is 0 Å². The van der Waals surface area contributed by atoms with Crippen molar-refractivity contribution in [2.45, 2.75) is 25.2 Å². The van der Waals surface area contributed by atoms with Gasteiger partial charge in [-0.05, 0) is 11.1 Å². The molecule has 2 aromatic rings. The standard InChI is InChI=1S/C20H25N3O3S2/c21-17(13-27-28-14-18(22)20(25)26)19(24)23(11-15-7-3-1-4-8-15)12-16-9-5-2-6-10-16/h1-10,17-18H,11-14,21-22H2,(H,25,26)/t17-,18-/m1/s1. The molecule has 150 valence electrons. The third-order valence-corrected chi connectivity index (χ3v) is 6.43. The maximum absolute atomic E-state index is 12.9. The Morgan fingerprint density at radius 3 is 1.68 bits per heavy atom. The molecule has 0 spiro atoms. The Balaban J connectivity index is 1.96. The van der Waals surface area contributed by atoms with E-state index in [1.807, 2.05) is 60.7 Å². The van der Waals surface area contributed by atoms with Crippen LogP contribution in [0.2, 0.25) is 0 Å². The molecule has 28 heavy (non-hydrogen) atoms. The molecule has 0 aliphatic heterocycles. The summed E-state index contributed by atoms with van der Waals surface area (Å²) in [7, 11) is 2.68. The van der Waals surface area contributed by atoms with E-state index in [0.717, 1.165) is 11.1 Å². The topological polar surface area (TPSA) is 110 Å². The van der Waals surface area contributed by atoms with E-state index in [4.69, 9.17) is 16.6 Å². The van der Waals surface area contributed by atoms with Crippen LogP contribution in [0.15, 0.2) is 60.7 Å². The van der Waals surface area contributed by atoms with E-state index in [1.54, 1.807) is 4.90 Å². The average Bonchev–Trinajstić information content (AvgIpc) is 2.71. The summed E-state index contributed by atoms with van der Waals surface area (Å²) in [5, 5.41) is 8.80. The monoisotopic (exact) mass is 419 g/mol. The summed E-state index contributed by atoms with van der Waals surface area (Å²) < 4.78 is 0. The Kier molecular flexibility index (Phi) is 9.36. The largest absolute Gasteiger partial charge is 0.480 e. The normalized spacial score (nSPS) is 12.9. The minimum Gasteiger partial charge on any atom is -0.480 e. The molecular formula is C20H25N3O3S2. The number of benzene rings is 2. The van der Waals surface area contributed by atoms with Crippen LogP contribution in [0.25, 0.3) is 0 Å². The van der Waals surface area contributed by atoms with Gasteiger partial charge in [-0.3, -0.25) is 9.59 Å². The minimum absolute atomic E-state index is 0.136. The zero-order valence-electron chi connectivity index (χ0n) is 15.4. The van der Waals surface area contributed by atoms with Crippen LogP contribution in [-0.4, -0.2) is 45.5 Å². The number of aliphatic carboxylic acids is 1.